The van der Waals surface area contributed by atoms with Crippen LogP contribution in [0.3, 0.4) is 0 Å². The van der Waals surface area contributed by atoms with Gasteiger partial charge in [-0.25, -0.2) is 13.3 Å². The van der Waals surface area contributed by atoms with Gasteiger partial charge in [0.2, 0.25) is 15.9 Å². The van der Waals surface area contributed by atoms with Gasteiger partial charge < -0.3 is 14.8 Å². The molecule has 0 saturated carbocycles. The van der Waals surface area contributed by atoms with Crippen LogP contribution in [0.5, 0.6) is 5.75 Å². The van der Waals surface area contributed by atoms with E-state index in [2.05, 4.69) is 5.32 Å². The zero-order valence-corrected chi connectivity index (χ0v) is 19.6. The van der Waals surface area contributed by atoms with E-state index in [-0.39, 0.29) is 42.0 Å². The van der Waals surface area contributed by atoms with E-state index in [4.69, 9.17) is 9.47 Å². The Balaban J connectivity index is 1.62. The molecule has 176 valence electrons. The van der Waals surface area contributed by atoms with E-state index in [1.807, 2.05) is 32.0 Å². The summed E-state index contributed by atoms with van der Waals surface area (Å²) in [5, 5.41) is 3.05. The molecule has 0 unspecified atom stereocenters. The van der Waals surface area contributed by atoms with Crippen molar-refractivity contribution in [3.05, 3.63) is 47.5 Å². The van der Waals surface area contributed by atoms with Crippen molar-refractivity contribution >= 4 is 33.2 Å². The Morgan fingerprint density at radius 3 is 2.36 bits per heavy atom. The number of ether oxygens (including phenoxy) is 2. The lowest BCUT2D eigenvalue weighted by Gasteiger charge is -2.27. The largest absolute Gasteiger partial charge is 0.495 e. The molecule has 0 radical (unpaired) electrons. The minimum atomic E-state index is -3.82. The Morgan fingerprint density at radius 2 is 1.73 bits per heavy atom. The minimum Gasteiger partial charge on any atom is -0.495 e. The molecule has 2 heterocycles. The number of benzene rings is 2. The first-order chi connectivity index (χ1) is 15.7. The Kier molecular flexibility index (Phi) is 6.42. The smallest absolute Gasteiger partial charge is 0.256 e. The lowest BCUT2D eigenvalue weighted by molar-refractivity contribution is -0.121. The summed E-state index contributed by atoms with van der Waals surface area (Å²) < 4.78 is 38.3. The predicted molar refractivity (Wildman–Crippen MR) is 123 cm³/mol. The number of morpholine rings is 1. The van der Waals surface area contributed by atoms with Crippen LogP contribution in [-0.2, 0) is 24.3 Å². The Bertz CT molecular complexity index is 1170. The average Bonchev–Trinajstić information content (AvgIpc) is 3.07. The number of hydrogen-bond acceptors (Lipinski definition) is 7. The number of methoxy groups -OCH3 is 1. The number of sulfonamides is 1. The highest BCUT2D eigenvalue weighted by atomic mass is 32.2. The SMILES string of the molecule is COc1ccc(N[C@H]2CC(=O)N(c3c(C)cccc3C)C2=O)cc1S(=O)(=O)N1CCOCC1. The maximum absolute atomic E-state index is 13.2. The molecule has 1 atom stereocenters. The molecule has 2 fully saturated rings. The van der Waals surface area contributed by atoms with Crippen LogP contribution >= 0.6 is 0 Å². The molecule has 1 N–H and O–H groups in total. The average molecular weight is 474 g/mol. The molecule has 4 rings (SSSR count). The zero-order chi connectivity index (χ0) is 23.8. The van der Waals surface area contributed by atoms with Crippen LogP contribution in [0.25, 0.3) is 0 Å². The highest BCUT2D eigenvalue weighted by Gasteiger charge is 2.41. The first kappa shape index (κ1) is 23.2. The number of imide groups is 1. The van der Waals surface area contributed by atoms with Crippen molar-refractivity contribution in [2.45, 2.75) is 31.2 Å². The van der Waals surface area contributed by atoms with Crippen molar-refractivity contribution in [3.63, 3.8) is 0 Å². The summed E-state index contributed by atoms with van der Waals surface area (Å²) in [4.78, 5) is 27.1. The van der Waals surface area contributed by atoms with E-state index in [9.17, 15) is 18.0 Å². The molecule has 2 saturated heterocycles. The first-order valence-electron chi connectivity index (χ1n) is 10.7. The minimum absolute atomic E-state index is 0.000256. The van der Waals surface area contributed by atoms with E-state index in [1.54, 1.807) is 12.1 Å². The summed E-state index contributed by atoms with van der Waals surface area (Å²) in [6.45, 7) is 4.87. The van der Waals surface area contributed by atoms with Gasteiger partial charge in [0.05, 0.1) is 32.4 Å². The van der Waals surface area contributed by atoms with Crippen LogP contribution < -0.4 is 15.0 Å². The number of carbonyl (C=O) groups is 2. The second kappa shape index (κ2) is 9.12. The van der Waals surface area contributed by atoms with Crippen molar-refractivity contribution in [3.8, 4) is 5.75 Å². The highest BCUT2D eigenvalue weighted by Crippen LogP contribution is 2.33. The maximum atomic E-state index is 13.2. The number of nitrogens with zero attached hydrogens (tertiary/aromatic N) is 2. The summed E-state index contributed by atoms with van der Waals surface area (Å²) in [5.41, 5.74) is 2.68. The van der Waals surface area contributed by atoms with E-state index in [0.29, 0.717) is 24.6 Å². The topological polar surface area (TPSA) is 105 Å². The van der Waals surface area contributed by atoms with Gasteiger partial charge in [0, 0.05) is 18.8 Å². The molecule has 0 aromatic heterocycles. The monoisotopic (exact) mass is 473 g/mol. The summed E-state index contributed by atoms with van der Waals surface area (Å²) in [6.07, 6.45) is -0.0236. The molecule has 10 heteroatoms. The van der Waals surface area contributed by atoms with Crippen molar-refractivity contribution in [1.82, 2.24) is 4.31 Å². The molecule has 0 spiro atoms. The first-order valence-corrected chi connectivity index (χ1v) is 12.1. The lowest BCUT2D eigenvalue weighted by Crippen LogP contribution is -2.40. The van der Waals surface area contributed by atoms with Crippen LogP contribution in [0, 0.1) is 13.8 Å². The fourth-order valence-corrected chi connectivity index (χ4v) is 5.82. The highest BCUT2D eigenvalue weighted by molar-refractivity contribution is 7.89. The van der Waals surface area contributed by atoms with Crippen LogP contribution in [0.15, 0.2) is 41.3 Å². The van der Waals surface area contributed by atoms with Crippen molar-refractivity contribution in [2.24, 2.45) is 0 Å². The van der Waals surface area contributed by atoms with Crippen molar-refractivity contribution < 1.29 is 27.5 Å². The van der Waals surface area contributed by atoms with Crippen LogP contribution in [0.2, 0.25) is 0 Å². The van der Waals surface area contributed by atoms with Crippen molar-refractivity contribution in [2.75, 3.05) is 43.6 Å². The molecule has 0 aliphatic carbocycles. The van der Waals surface area contributed by atoms with E-state index < -0.39 is 16.1 Å². The summed E-state index contributed by atoms with van der Waals surface area (Å²) in [5.74, 6) is -0.464. The van der Waals surface area contributed by atoms with Gasteiger partial charge in [0.1, 0.15) is 16.7 Å². The van der Waals surface area contributed by atoms with Gasteiger partial charge in [0.15, 0.2) is 0 Å². The fourth-order valence-electron chi connectivity index (χ4n) is 4.23. The van der Waals surface area contributed by atoms with Crippen LogP contribution in [-0.4, -0.2) is 64.0 Å². The summed E-state index contributed by atoms with van der Waals surface area (Å²) in [6, 6.07) is 9.41. The van der Waals surface area contributed by atoms with Gasteiger partial charge >= 0.3 is 0 Å². The van der Waals surface area contributed by atoms with Crippen LogP contribution in [0.4, 0.5) is 11.4 Å². The van der Waals surface area contributed by atoms with Gasteiger partial charge in [-0.2, -0.15) is 4.31 Å². The number of aryl methyl sites for hydroxylation is 2. The molecular weight excluding hydrogens is 446 g/mol. The number of hydrogen-bond donors (Lipinski definition) is 1. The normalized spacial score (nSPS) is 19.7. The lowest BCUT2D eigenvalue weighted by atomic mass is 10.1. The van der Waals surface area contributed by atoms with Gasteiger partial charge in [-0.05, 0) is 43.2 Å². The standard InChI is InChI=1S/C23H27N3O6S/c1-15-5-4-6-16(2)22(15)26-21(27)14-18(23(26)28)24-17-7-8-19(31-3)20(13-17)33(29,30)25-9-11-32-12-10-25/h4-8,13,18,24H,9-12,14H2,1-3H3/t18-/m0/s1. The zero-order valence-electron chi connectivity index (χ0n) is 18.8. The van der Waals surface area contributed by atoms with E-state index in [0.717, 1.165) is 11.1 Å². The van der Waals surface area contributed by atoms with Gasteiger partial charge in [-0.3, -0.25) is 9.59 Å². The molecule has 2 amide bonds. The third-order valence-corrected chi connectivity index (χ3v) is 7.82. The van der Waals surface area contributed by atoms with Gasteiger partial charge in [-0.1, -0.05) is 18.2 Å². The number of amides is 2. The molecule has 2 aliphatic heterocycles. The third-order valence-electron chi connectivity index (χ3n) is 5.90. The Morgan fingerprint density at radius 1 is 1.06 bits per heavy atom. The number of para-hydroxylation sites is 1. The van der Waals surface area contributed by atoms with E-state index >= 15 is 0 Å². The number of rotatable bonds is 6. The molecule has 2 aromatic rings. The molecule has 2 aromatic carbocycles. The van der Waals surface area contributed by atoms with Gasteiger partial charge in [-0.15, -0.1) is 0 Å². The van der Waals surface area contributed by atoms with Crippen molar-refractivity contribution in [1.29, 1.82) is 0 Å². The quantitative estimate of drug-likeness (QED) is 0.641. The number of carbonyl (C=O) groups excluding carboxylic acids is 2. The van der Waals surface area contributed by atoms with Crippen LogP contribution in [0.1, 0.15) is 17.5 Å². The maximum Gasteiger partial charge on any atom is 0.256 e. The van der Waals surface area contributed by atoms with E-state index in [1.165, 1.54) is 22.4 Å². The van der Waals surface area contributed by atoms with Gasteiger partial charge in [0.25, 0.3) is 5.91 Å². The number of nitrogens with one attached hydrogen (secondary N) is 1. The third kappa shape index (κ3) is 4.33. The number of anilines is 2. The molecule has 2 aliphatic rings. The predicted octanol–water partition coefficient (Wildman–Crippen LogP) is 2.08. The second-order valence-corrected chi connectivity index (χ2v) is 10.00. The second-order valence-electron chi connectivity index (χ2n) is 8.09. The molecule has 9 nitrogen and oxygen atoms in total. The molecular formula is C23H27N3O6S. The Labute approximate surface area is 193 Å². The summed E-state index contributed by atoms with van der Waals surface area (Å²) in [7, 11) is -2.42. The summed E-state index contributed by atoms with van der Waals surface area (Å²) >= 11 is 0. The fraction of sp³-hybridized carbons (Fsp3) is 0.391. The molecule has 0 bridgehead atoms. The molecule has 33 heavy (non-hydrogen) atoms. The Hall–Kier alpha value is -2.95.